The standard InChI is InChI=1S/C15H18ClN3O2S/c1-22(20,21)18-12-6-8-19(9-7-12)14-10-11-4-2-3-5-13(11)15(16)17-14/h2-5,10,12,18H,6-9H2,1H3. The predicted molar refractivity (Wildman–Crippen MR) is 90.0 cm³/mol. The van der Waals surface area contributed by atoms with E-state index in [9.17, 15) is 8.42 Å². The number of pyridine rings is 1. The van der Waals surface area contributed by atoms with Crippen LogP contribution in [0.25, 0.3) is 10.8 Å². The van der Waals surface area contributed by atoms with E-state index in [-0.39, 0.29) is 6.04 Å². The highest BCUT2D eigenvalue weighted by atomic mass is 35.5. The van der Waals surface area contributed by atoms with Gasteiger partial charge < -0.3 is 4.90 Å². The van der Waals surface area contributed by atoms with E-state index in [0.29, 0.717) is 5.15 Å². The number of piperidine rings is 1. The average molecular weight is 340 g/mol. The molecule has 3 rings (SSSR count). The number of hydrogen-bond donors (Lipinski definition) is 1. The van der Waals surface area contributed by atoms with Crippen LogP contribution in [-0.2, 0) is 10.0 Å². The number of hydrogen-bond acceptors (Lipinski definition) is 4. The van der Waals surface area contributed by atoms with Crippen LogP contribution >= 0.6 is 11.6 Å². The fourth-order valence-corrected chi connectivity index (χ4v) is 3.93. The van der Waals surface area contributed by atoms with Gasteiger partial charge in [-0.2, -0.15) is 0 Å². The SMILES string of the molecule is CS(=O)(=O)NC1CCN(c2cc3ccccc3c(Cl)n2)CC1. The molecule has 1 fully saturated rings. The summed E-state index contributed by atoms with van der Waals surface area (Å²) in [6.45, 7) is 1.52. The first kappa shape index (κ1) is 15.5. The largest absolute Gasteiger partial charge is 0.356 e. The van der Waals surface area contributed by atoms with Crippen molar-refractivity contribution in [2.75, 3.05) is 24.2 Å². The Morgan fingerprint density at radius 1 is 1.27 bits per heavy atom. The highest BCUT2D eigenvalue weighted by Gasteiger charge is 2.22. The number of halogens is 1. The lowest BCUT2D eigenvalue weighted by atomic mass is 10.1. The van der Waals surface area contributed by atoms with E-state index in [1.165, 1.54) is 6.26 Å². The Morgan fingerprint density at radius 2 is 1.95 bits per heavy atom. The van der Waals surface area contributed by atoms with Crippen LogP contribution < -0.4 is 9.62 Å². The van der Waals surface area contributed by atoms with E-state index in [0.717, 1.165) is 42.5 Å². The summed E-state index contributed by atoms with van der Waals surface area (Å²) in [5.74, 6) is 0.849. The highest BCUT2D eigenvalue weighted by molar-refractivity contribution is 7.88. The van der Waals surface area contributed by atoms with Gasteiger partial charge in [0.05, 0.1) is 6.26 Å². The molecule has 0 amide bonds. The molecule has 0 atom stereocenters. The predicted octanol–water partition coefficient (Wildman–Crippen LogP) is 2.41. The van der Waals surface area contributed by atoms with E-state index in [1.54, 1.807) is 0 Å². The van der Waals surface area contributed by atoms with Crippen LogP contribution in [0, 0.1) is 0 Å². The summed E-state index contributed by atoms with van der Waals surface area (Å²) in [5, 5.41) is 2.51. The molecule has 1 N–H and O–H groups in total. The molecule has 0 unspecified atom stereocenters. The Hall–Kier alpha value is -1.37. The number of nitrogens with one attached hydrogen (secondary N) is 1. The molecule has 1 aliphatic rings. The summed E-state index contributed by atoms with van der Waals surface area (Å²) in [6.07, 6.45) is 2.72. The van der Waals surface area contributed by atoms with E-state index in [2.05, 4.69) is 14.6 Å². The Bertz CT molecular complexity index is 786. The molecule has 7 heteroatoms. The lowest BCUT2D eigenvalue weighted by molar-refractivity contribution is 0.460. The number of aromatic nitrogens is 1. The first-order chi connectivity index (χ1) is 10.4. The third kappa shape index (κ3) is 3.51. The molecule has 0 saturated carbocycles. The van der Waals surface area contributed by atoms with Crippen molar-refractivity contribution < 1.29 is 8.42 Å². The quantitative estimate of drug-likeness (QED) is 0.872. The van der Waals surface area contributed by atoms with E-state index in [4.69, 9.17) is 11.6 Å². The van der Waals surface area contributed by atoms with Gasteiger partial charge in [0.2, 0.25) is 10.0 Å². The third-order valence-electron chi connectivity index (χ3n) is 3.88. The van der Waals surface area contributed by atoms with Crippen molar-refractivity contribution in [1.82, 2.24) is 9.71 Å². The molecule has 1 aromatic heterocycles. The molecule has 118 valence electrons. The fourth-order valence-electron chi connectivity index (χ4n) is 2.83. The van der Waals surface area contributed by atoms with Gasteiger partial charge in [0.15, 0.2) is 0 Å². The zero-order valence-corrected chi connectivity index (χ0v) is 13.9. The second-order valence-electron chi connectivity index (χ2n) is 5.64. The molecule has 0 bridgehead atoms. The van der Waals surface area contributed by atoms with Gasteiger partial charge in [-0.1, -0.05) is 35.9 Å². The zero-order chi connectivity index (χ0) is 15.7. The van der Waals surface area contributed by atoms with Crippen molar-refractivity contribution >= 4 is 38.2 Å². The van der Waals surface area contributed by atoms with Gasteiger partial charge in [0, 0.05) is 24.5 Å². The molecular weight excluding hydrogens is 322 g/mol. The van der Waals surface area contributed by atoms with Gasteiger partial charge in [-0.15, -0.1) is 0 Å². The molecular formula is C15H18ClN3O2S. The normalized spacial score (nSPS) is 17.1. The molecule has 1 aromatic carbocycles. The molecule has 2 aromatic rings. The first-order valence-electron chi connectivity index (χ1n) is 7.20. The van der Waals surface area contributed by atoms with Gasteiger partial charge in [0.1, 0.15) is 11.0 Å². The number of fused-ring (bicyclic) bond motifs is 1. The van der Waals surface area contributed by atoms with Crippen molar-refractivity contribution in [3.8, 4) is 0 Å². The van der Waals surface area contributed by atoms with Crippen molar-refractivity contribution in [2.45, 2.75) is 18.9 Å². The maximum Gasteiger partial charge on any atom is 0.208 e. The smallest absolute Gasteiger partial charge is 0.208 e. The summed E-state index contributed by atoms with van der Waals surface area (Å²) in [4.78, 5) is 6.63. The Kier molecular flexibility index (Phi) is 4.25. The summed E-state index contributed by atoms with van der Waals surface area (Å²) in [6, 6.07) is 9.93. The lowest BCUT2D eigenvalue weighted by Crippen LogP contribution is -2.44. The summed E-state index contributed by atoms with van der Waals surface area (Å²) in [5.41, 5.74) is 0. The monoisotopic (exact) mass is 339 g/mol. The number of nitrogens with zero attached hydrogens (tertiary/aromatic N) is 2. The van der Waals surface area contributed by atoms with Crippen LogP contribution in [-0.4, -0.2) is 38.8 Å². The fraction of sp³-hybridized carbons (Fsp3) is 0.400. The Morgan fingerprint density at radius 3 is 2.64 bits per heavy atom. The third-order valence-corrected chi connectivity index (χ3v) is 4.93. The second-order valence-corrected chi connectivity index (χ2v) is 7.78. The summed E-state index contributed by atoms with van der Waals surface area (Å²) >= 11 is 6.27. The maximum atomic E-state index is 11.3. The van der Waals surface area contributed by atoms with Gasteiger partial charge in [0.25, 0.3) is 0 Å². The van der Waals surface area contributed by atoms with Gasteiger partial charge >= 0.3 is 0 Å². The van der Waals surface area contributed by atoms with Crippen LogP contribution in [0.2, 0.25) is 5.15 Å². The van der Waals surface area contributed by atoms with Crippen LogP contribution in [0.15, 0.2) is 30.3 Å². The maximum absolute atomic E-state index is 11.3. The minimum atomic E-state index is -3.15. The van der Waals surface area contributed by atoms with Crippen molar-refractivity contribution in [3.05, 3.63) is 35.5 Å². The molecule has 2 heterocycles. The van der Waals surface area contributed by atoms with Crippen molar-refractivity contribution in [1.29, 1.82) is 0 Å². The van der Waals surface area contributed by atoms with E-state index < -0.39 is 10.0 Å². The zero-order valence-electron chi connectivity index (χ0n) is 12.3. The van der Waals surface area contributed by atoms with Gasteiger partial charge in [-0.25, -0.2) is 18.1 Å². The molecule has 1 saturated heterocycles. The molecule has 0 aliphatic carbocycles. The minimum Gasteiger partial charge on any atom is -0.356 e. The van der Waals surface area contributed by atoms with Gasteiger partial charge in [-0.05, 0) is 24.3 Å². The van der Waals surface area contributed by atoms with Crippen molar-refractivity contribution in [3.63, 3.8) is 0 Å². The van der Waals surface area contributed by atoms with Crippen LogP contribution in [0.1, 0.15) is 12.8 Å². The summed E-state index contributed by atoms with van der Waals surface area (Å²) in [7, 11) is -3.15. The van der Waals surface area contributed by atoms with Crippen LogP contribution in [0.3, 0.4) is 0 Å². The number of rotatable bonds is 3. The lowest BCUT2D eigenvalue weighted by Gasteiger charge is -2.33. The van der Waals surface area contributed by atoms with Gasteiger partial charge in [-0.3, -0.25) is 0 Å². The topological polar surface area (TPSA) is 62.3 Å². The highest BCUT2D eigenvalue weighted by Crippen LogP contribution is 2.27. The number of sulfonamides is 1. The van der Waals surface area contributed by atoms with E-state index >= 15 is 0 Å². The van der Waals surface area contributed by atoms with Crippen LogP contribution in [0.5, 0.6) is 0 Å². The molecule has 0 radical (unpaired) electrons. The number of benzene rings is 1. The van der Waals surface area contributed by atoms with Crippen molar-refractivity contribution in [2.24, 2.45) is 0 Å². The molecule has 0 spiro atoms. The number of anilines is 1. The summed E-state index contributed by atoms with van der Waals surface area (Å²) < 4.78 is 25.2. The molecule has 5 nitrogen and oxygen atoms in total. The van der Waals surface area contributed by atoms with E-state index in [1.807, 2.05) is 30.3 Å². The first-order valence-corrected chi connectivity index (χ1v) is 9.47. The Labute approximate surface area is 135 Å². The Balaban J connectivity index is 1.76. The average Bonchev–Trinajstić information content (AvgIpc) is 2.46. The van der Waals surface area contributed by atoms with Crippen LogP contribution in [0.4, 0.5) is 5.82 Å². The second kappa shape index (κ2) is 6.02. The molecule has 22 heavy (non-hydrogen) atoms. The minimum absolute atomic E-state index is 0.00202. The molecule has 1 aliphatic heterocycles.